The largest absolute Gasteiger partial charge is 0.381 e. The van der Waals surface area contributed by atoms with Crippen LogP contribution in [0.1, 0.15) is 36.0 Å². The number of rotatable bonds is 4. The summed E-state index contributed by atoms with van der Waals surface area (Å²) < 4.78 is 5.29. The maximum atomic E-state index is 12.2. The number of carbonyl (C=O) groups is 2. The minimum Gasteiger partial charge on any atom is -0.381 e. The molecule has 25 heavy (non-hydrogen) atoms. The van der Waals surface area contributed by atoms with Crippen molar-refractivity contribution in [2.75, 3.05) is 31.6 Å². The molecule has 3 rings (SSSR count). The Morgan fingerprint density at radius 3 is 2.44 bits per heavy atom. The van der Waals surface area contributed by atoms with Crippen molar-refractivity contribution in [3.8, 4) is 0 Å². The van der Waals surface area contributed by atoms with Crippen molar-refractivity contribution in [1.82, 2.24) is 10.6 Å². The zero-order valence-corrected chi connectivity index (χ0v) is 15.1. The van der Waals surface area contributed by atoms with Gasteiger partial charge in [-0.05, 0) is 56.5 Å². The lowest BCUT2D eigenvalue weighted by molar-refractivity contribution is -0.120. The number of piperidine rings is 1. The Morgan fingerprint density at radius 1 is 1.08 bits per heavy atom. The summed E-state index contributed by atoms with van der Waals surface area (Å²) in [5.41, 5.74) is 1.34. The van der Waals surface area contributed by atoms with Crippen molar-refractivity contribution in [2.24, 2.45) is 5.92 Å². The third-order valence-electron chi connectivity index (χ3n) is 4.64. The molecule has 0 aliphatic carbocycles. The summed E-state index contributed by atoms with van der Waals surface area (Å²) in [6.45, 7) is 3.12. The van der Waals surface area contributed by atoms with Crippen LogP contribution < -0.4 is 16.0 Å². The van der Waals surface area contributed by atoms with Crippen molar-refractivity contribution < 1.29 is 14.3 Å². The Morgan fingerprint density at radius 2 is 1.80 bits per heavy atom. The van der Waals surface area contributed by atoms with Gasteiger partial charge >= 0.3 is 0 Å². The van der Waals surface area contributed by atoms with Crippen LogP contribution in [0.15, 0.2) is 24.3 Å². The Kier molecular flexibility index (Phi) is 7.68. The van der Waals surface area contributed by atoms with Crippen LogP contribution in [0, 0.1) is 5.92 Å². The molecule has 2 heterocycles. The van der Waals surface area contributed by atoms with Gasteiger partial charge in [-0.15, -0.1) is 12.4 Å². The van der Waals surface area contributed by atoms with Crippen molar-refractivity contribution in [3.05, 3.63) is 29.8 Å². The molecule has 2 aliphatic rings. The van der Waals surface area contributed by atoms with E-state index < -0.39 is 0 Å². The van der Waals surface area contributed by atoms with Crippen LogP contribution in [0.3, 0.4) is 0 Å². The highest BCUT2D eigenvalue weighted by molar-refractivity contribution is 5.96. The van der Waals surface area contributed by atoms with Gasteiger partial charge in [0.2, 0.25) is 5.91 Å². The summed E-state index contributed by atoms with van der Waals surface area (Å²) >= 11 is 0. The Hall–Kier alpha value is -1.63. The number of halogens is 1. The number of ether oxygens (including phenoxy) is 1. The molecule has 0 spiro atoms. The molecule has 1 aromatic rings. The van der Waals surface area contributed by atoms with Gasteiger partial charge in [0.25, 0.3) is 5.91 Å². The SMILES string of the molecule is Cl.O=C(NC1CCOCC1)c1ccc(NC(=O)C2CCCNC2)cc1. The highest BCUT2D eigenvalue weighted by Crippen LogP contribution is 2.15. The molecule has 3 N–H and O–H groups in total. The summed E-state index contributed by atoms with van der Waals surface area (Å²) in [6, 6.07) is 7.26. The molecule has 2 aliphatic heterocycles. The average molecular weight is 368 g/mol. The van der Waals surface area contributed by atoms with E-state index in [1.165, 1.54) is 0 Å². The van der Waals surface area contributed by atoms with Crippen LogP contribution in [0.2, 0.25) is 0 Å². The van der Waals surface area contributed by atoms with Crippen molar-refractivity contribution in [2.45, 2.75) is 31.7 Å². The molecule has 1 atom stereocenters. The van der Waals surface area contributed by atoms with E-state index in [0.29, 0.717) is 18.8 Å². The first-order chi connectivity index (χ1) is 11.7. The molecule has 2 amide bonds. The van der Waals surface area contributed by atoms with E-state index in [0.717, 1.165) is 44.5 Å². The summed E-state index contributed by atoms with van der Waals surface area (Å²) in [4.78, 5) is 24.5. The molecule has 0 saturated carbocycles. The van der Waals surface area contributed by atoms with Crippen LogP contribution in [0.25, 0.3) is 0 Å². The molecule has 1 aromatic carbocycles. The quantitative estimate of drug-likeness (QED) is 0.760. The third kappa shape index (κ3) is 5.70. The summed E-state index contributed by atoms with van der Waals surface area (Å²) in [7, 11) is 0. The first-order valence-corrected chi connectivity index (χ1v) is 8.72. The zero-order chi connectivity index (χ0) is 16.8. The van der Waals surface area contributed by atoms with Crippen LogP contribution in [0.4, 0.5) is 5.69 Å². The number of hydrogen-bond acceptors (Lipinski definition) is 4. The average Bonchev–Trinajstić information content (AvgIpc) is 2.64. The summed E-state index contributed by atoms with van der Waals surface area (Å²) in [5.74, 6) is -0.00638. The summed E-state index contributed by atoms with van der Waals surface area (Å²) in [6.07, 6.45) is 3.67. The fourth-order valence-corrected chi connectivity index (χ4v) is 3.14. The van der Waals surface area contributed by atoms with Crippen LogP contribution in [-0.4, -0.2) is 44.2 Å². The molecule has 0 bridgehead atoms. The number of amides is 2. The van der Waals surface area contributed by atoms with Crippen LogP contribution in [0.5, 0.6) is 0 Å². The minimum atomic E-state index is -0.0729. The standard InChI is InChI=1S/C18H25N3O3.ClH/c22-17(21-16-7-10-24-11-8-16)13-3-5-15(6-4-13)20-18(23)14-2-1-9-19-12-14;/h3-6,14,16,19H,1-2,7-12H2,(H,20,23)(H,21,22);1H. The van der Waals surface area contributed by atoms with Gasteiger partial charge in [-0.25, -0.2) is 0 Å². The number of nitrogens with one attached hydrogen (secondary N) is 3. The second kappa shape index (κ2) is 9.75. The normalized spacial score (nSPS) is 21.0. The van der Waals surface area contributed by atoms with Gasteiger partial charge in [-0.3, -0.25) is 9.59 Å². The molecule has 138 valence electrons. The molecule has 0 radical (unpaired) electrons. The fourth-order valence-electron chi connectivity index (χ4n) is 3.14. The predicted octanol–water partition coefficient (Wildman–Crippen LogP) is 1.96. The zero-order valence-electron chi connectivity index (χ0n) is 14.3. The van der Waals surface area contributed by atoms with Gasteiger partial charge in [0.05, 0.1) is 5.92 Å². The lowest BCUT2D eigenvalue weighted by Gasteiger charge is -2.23. The Balaban J connectivity index is 0.00000225. The molecule has 1 unspecified atom stereocenters. The van der Waals surface area contributed by atoms with E-state index in [4.69, 9.17) is 4.74 Å². The van der Waals surface area contributed by atoms with Gasteiger partial charge in [0, 0.05) is 37.1 Å². The number of benzene rings is 1. The molecule has 2 saturated heterocycles. The maximum absolute atomic E-state index is 12.2. The predicted molar refractivity (Wildman–Crippen MR) is 99.2 cm³/mol. The van der Waals surface area contributed by atoms with E-state index in [-0.39, 0.29) is 36.2 Å². The molecular weight excluding hydrogens is 342 g/mol. The third-order valence-corrected chi connectivity index (χ3v) is 4.64. The first-order valence-electron chi connectivity index (χ1n) is 8.72. The molecule has 7 heteroatoms. The van der Waals surface area contributed by atoms with Gasteiger partial charge < -0.3 is 20.7 Å². The van der Waals surface area contributed by atoms with Gasteiger partial charge in [-0.1, -0.05) is 0 Å². The molecule has 0 aromatic heterocycles. The molecule has 2 fully saturated rings. The van der Waals surface area contributed by atoms with E-state index in [2.05, 4.69) is 16.0 Å². The van der Waals surface area contributed by atoms with E-state index in [1.807, 2.05) is 0 Å². The lowest BCUT2D eigenvalue weighted by atomic mass is 9.99. The fraction of sp³-hybridized carbons (Fsp3) is 0.556. The first kappa shape index (κ1) is 19.7. The minimum absolute atomic E-state index is 0. The van der Waals surface area contributed by atoms with Crippen molar-refractivity contribution in [1.29, 1.82) is 0 Å². The molecule has 6 nitrogen and oxygen atoms in total. The Bertz CT molecular complexity index is 567. The highest BCUT2D eigenvalue weighted by atomic mass is 35.5. The van der Waals surface area contributed by atoms with E-state index in [9.17, 15) is 9.59 Å². The second-order valence-electron chi connectivity index (χ2n) is 6.47. The topological polar surface area (TPSA) is 79.5 Å². The van der Waals surface area contributed by atoms with Crippen molar-refractivity contribution >= 4 is 29.9 Å². The smallest absolute Gasteiger partial charge is 0.251 e. The van der Waals surface area contributed by atoms with Crippen LogP contribution in [-0.2, 0) is 9.53 Å². The maximum Gasteiger partial charge on any atom is 0.251 e. The monoisotopic (exact) mass is 367 g/mol. The van der Waals surface area contributed by atoms with Crippen molar-refractivity contribution in [3.63, 3.8) is 0 Å². The van der Waals surface area contributed by atoms with E-state index in [1.54, 1.807) is 24.3 Å². The Labute approximate surface area is 154 Å². The van der Waals surface area contributed by atoms with Gasteiger partial charge in [0.15, 0.2) is 0 Å². The number of hydrogen-bond donors (Lipinski definition) is 3. The molecular formula is C18H26ClN3O3. The number of carbonyl (C=O) groups excluding carboxylic acids is 2. The number of anilines is 1. The summed E-state index contributed by atoms with van der Waals surface area (Å²) in [5, 5.41) is 9.21. The highest BCUT2D eigenvalue weighted by Gasteiger charge is 2.21. The van der Waals surface area contributed by atoms with Gasteiger partial charge in [-0.2, -0.15) is 0 Å². The van der Waals surface area contributed by atoms with Gasteiger partial charge in [0.1, 0.15) is 0 Å². The second-order valence-corrected chi connectivity index (χ2v) is 6.47. The lowest BCUT2D eigenvalue weighted by Crippen LogP contribution is -2.38. The van der Waals surface area contributed by atoms with Crippen LogP contribution >= 0.6 is 12.4 Å². The van der Waals surface area contributed by atoms with E-state index >= 15 is 0 Å².